The quantitative estimate of drug-likeness (QED) is 0.442. The van der Waals surface area contributed by atoms with Crippen LogP contribution in [0.3, 0.4) is 0 Å². The zero-order valence-electron chi connectivity index (χ0n) is 14.6. The largest absolute Gasteiger partial charge is 0.489 e. The maximum Gasteiger partial charge on any atom is 0.272 e. The van der Waals surface area contributed by atoms with Crippen molar-refractivity contribution in [3.63, 3.8) is 0 Å². The number of hydrogen-bond donors (Lipinski definition) is 2. The molecule has 0 spiro atoms. The molecule has 4 rings (SSSR count). The molecule has 2 aromatic heterocycles. The highest BCUT2D eigenvalue weighted by Crippen LogP contribution is 2.21. The first-order chi connectivity index (χ1) is 13.2. The van der Waals surface area contributed by atoms with Gasteiger partial charge >= 0.3 is 0 Å². The van der Waals surface area contributed by atoms with Crippen LogP contribution in [0.1, 0.15) is 16.1 Å². The number of nitrogens with zero attached hydrogens (tertiary/aromatic N) is 1. The standard InChI is InChI=1S/C20H17N3O2S2/c1-26-16-7-5-15(6-8-16)25-11-13-3-2-4-14(9-13)22-20(24)17-10-18-19(23-17)21-12-27-18/h2-10,12,23H,11H2,1H3,(H,22,24). The molecule has 136 valence electrons. The summed E-state index contributed by atoms with van der Waals surface area (Å²) < 4.78 is 6.80. The first-order valence-electron chi connectivity index (χ1n) is 8.30. The van der Waals surface area contributed by atoms with E-state index in [9.17, 15) is 4.79 Å². The van der Waals surface area contributed by atoms with Gasteiger partial charge in [0.2, 0.25) is 0 Å². The van der Waals surface area contributed by atoms with E-state index in [-0.39, 0.29) is 5.91 Å². The van der Waals surface area contributed by atoms with Crippen LogP contribution in [-0.2, 0) is 6.61 Å². The number of hydrogen-bond acceptors (Lipinski definition) is 5. The molecule has 0 aliphatic rings. The highest BCUT2D eigenvalue weighted by atomic mass is 32.2. The fraction of sp³-hybridized carbons (Fsp3) is 0.100. The Bertz CT molecular complexity index is 1040. The van der Waals surface area contributed by atoms with Gasteiger partial charge in [0.25, 0.3) is 5.91 Å². The zero-order valence-corrected chi connectivity index (χ0v) is 16.2. The van der Waals surface area contributed by atoms with Crippen LogP contribution in [0.2, 0.25) is 0 Å². The minimum atomic E-state index is -0.189. The van der Waals surface area contributed by atoms with Crippen molar-refractivity contribution < 1.29 is 9.53 Å². The molecule has 2 heterocycles. The third kappa shape index (κ3) is 4.15. The number of aromatic amines is 1. The van der Waals surface area contributed by atoms with Gasteiger partial charge in [-0.1, -0.05) is 12.1 Å². The summed E-state index contributed by atoms with van der Waals surface area (Å²) in [6.45, 7) is 0.435. The number of nitrogens with one attached hydrogen (secondary N) is 2. The molecule has 0 radical (unpaired) electrons. The number of carbonyl (C=O) groups excluding carboxylic acids is 1. The van der Waals surface area contributed by atoms with Crippen LogP contribution in [0.15, 0.2) is 65.0 Å². The SMILES string of the molecule is CSc1ccc(OCc2cccc(NC(=O)c3cc4scnc4[nH]3)c2)cc1. The second-order valence-corrected chi connectivity index (χ2v) is 7.63. The molecule has 0 bridgehead atoms. The molecule has 0 saturated heterocycles. The lowest BCUT2D eigenvalue weighted by Crippen LogP contribution is -2.12. The summed E-state index contributed by atoms with van der Waals surface area (Å²) in [7, 11) is 0. The molecule has 0 aliphatic heterocycles. The van der Waals surface area contributed by atoms with Gasteiger partial charge in [0.1, 0.15) is 23.7 Å². The molecule has 0 saturated carbocycles. The van der Waals surface area contributed by atoms with E-state index in [2.05, 4.69) is 15.3 Å². The third-order valence-corrected chi connectivity index (χ3v) is 5.54. The van der Waals surface area contributed by atoms with E-state index < -0.39 is 0 Å². The van der Waals surface area contributed by atoms with Gasteiger partial charge in [-0.05, 0) is 54.3 Å². The Balaban J connectivity index is 1.40. The number of rotatable bonds is 6. The average molecular weight is 396 g/mol. The molecule has 2 aromatic carbocycles. The Morgan fingerprint density at radius 1 is 1.22 bits per heavy atom. The summed E-state index contributed by atoms with van der Waals surface area (Å²) >= 11 is 3.20. The number of thioether (sulfide) groups is 1. The molecule has 0 fully saturated rings. The Kier molecular flexibility index (Phi) is 5.13. The summed E-state index contributed by atoms with van der Waals surface area (Å²) in [5.41, 5.74) is 4.70. The van der Waals surface area contributed by atoms with E-state index in [1.54, 1.807) is 17.3 Å². The van der Waals surface area contributed by atoms with Crippen LogP contribution < -0.4 is 10.1 Å². The van der Waals surface area contributed by atoms with Gasteiger partial charge in [-0.3, -0.25) is 4.79 Å². The van der Waals surface area contributed by atoms with Gasteiger partial charge in [-0.25, -0.2) is 4.98 Å². The number of benzene rings is 2. The molecule has 0 atom stereocenters. The van der Waals surface area contributed by atoms with Crippen molar-refractivity contribution in [3.8, 4) is 5.75 Å². The van der Waals surface area contributed by atoms with Gasteiger partial charge in [0.15, 0.2) is 0 Å². The van der Waals surface area contributed by atoms with Gasteiger partial charge in [-0.15, -0.1) is 23.1 Å². The van der Waals surface area contributed by atoms with E-state index in [0.717, 1.165) is 27.3 Å². The number of anilines is 1. The summed E-state index contributed by atoms with van der Waals surface area (Å²) in [5, 5.41) is 2.91. The topological polar surface area (TPSA) is 67.0 Å². The number of carbonyl (C=O) groups is 1. The van der Waals surface area contributed by atoms with Crippen molar-refractivity contribution in [3.05, 3.63) is 71.4 Å². The molecule has 0 unspecified atom stereocenters. The van der Waals surface area contributed by atoms with Crippen LogP contribution in [-0.4, -0.2) is 22.1 Å². The summed E-state index contributed by atoms with van der Waals surface area (Å²) in [6.07, 6.45) is 2.04. The predicted molar refractivity (Wildman–Crippen MR) is 111 cm³/mol. The van der Waals surface area contributed by atoms with Gasteiger partial charge in [0.05, 0.1) is 10.2 Å². The van der Waals surface area contributed by atoms with E-state index >= 15 is 0 Å². The minimum absolute atomic E-state index is 0.189. The molecule has 2 N–H and O–H groups in total. The van der Waals surface area contributed by atoms with E-state index in [4.69, 9.17) is 4.74 Å². The van der Waals surface area contributed by atoms with Crippen molar-refractivity contribution in [1.29, 1.82) is 0 Å². The number of H-pyrrole nitrogens is 1. The Morgan fingerprint density at radius 2 is 2.07 bits per heavy atom. The lowest BCUT2D eigenvalue weighted by molar-refractivity contribution is 0.102. The van der Waals surface area contributed by atoms with E-state index in [0.29, 0.717) is 12.3 Å². The van der Waals surface area contributed by atoms with Crippen molar-refractivity contribution in [2.24, 2.45) is 0 Å². The van der Waals surface area contributed by atoms with Gasteiger partial charge < -0.3 is 15.0 Å². The molecule has 5 nitrogen and oxygen atoms in total. The molecular formula is C20H17N3O2S2. The number of fused-ring (bicyclic) bond motifs is 1. The first kappa shape index (κ1) is 17.6. The summed E-state index contributed by atoms with van der Waals surface area (Å²) in [6, 6.07) is 17.5. The molecule has 7 heteroatoms. The highest BCUT2D eigenvalue weighted by molar-refractivity contribution is 7.98. The third-order valence-electron chi connectivity index (χ3n) is 4.02. The minimum Gasteiger partial charge on any atom is -0.489 e. The van der Waals surface area contributed by atoms with Crippen LogP contribution in [0.4, 0.5) is 5.69 Å². The highest BCUT2D eigenvalue weighted by Gasteiger charge is 2.11. The number of amides is 1. The second kappa shape index (κ2) is 7.85. The van der Waals surface area contributed by atoms with Crippen LogP contribution in [0.25, 0.3) is 10.3 Å². The van der Waals surface area contributed by atoms with E-state index in [1.165, 1.54) is 16.2 Å². The smallest absolute Gasteiger partial charge is 0.272 e. The molecular weight excluding hydrogens is 378 g/mol. The molecule has 27 heavy (non-hydrogen) atoms. The van der Waals surface area contributed by atoms with E-state index in [1.807, 2.05) is 60.9 Å². The Hall–Kier alpha value is -2.77. The van der Waals surface area contributed by atoms with Crippen LogP contribution in [0, 0.1) is 0 Å². The van der Waals surface area contributed by atoms with Crippen molar-refractivity contribution in [2.75, 3.05) is 11.6 Å². The first-order valence-corrected chi connectivity index (χ1v) is 10.4. The second-order valence-electron chi connectivity index (χ2n) is 5.87. The number of ether oxygens (including phenoxy) is 1. The lowest BCUT2D eigenvalue weighted by atomic mass is 10.2. The summed E-state index contributed by atoms with van der Waals surface area (Å²) in [4.78, 5) is 20.8. The van der Waals surface area contributed by atoms with Gasteiger partial charge in [0, 0.05) is 10.6 Å². The van der Waals surface area contributed by atoms with Crippen molar-refractivity contribution >= 4 is 45.0 Å². The fourth-order valence-electron chi connectivity index (χ4n) is 2.64. The zero-order chi connectivity index (χ0) is 18.6. The van der Waals surface area contributed by atoms with Crippen LogP contribution in [0.5, 0.6) is 5.75 Å². The monoisotopic (exact) mass is 395 g/mol. The normalized spacial score (nSPS) is 10.9. The molecule has 4 aromatic rings. The number of aromatic nitrogens is 2. The maximum absolute atomic E-state index is 12.4. The lowest BCUT2D eigenvalue weighted by Gasteiger charge is -2.09. The van der Waals surface area contributed by atoms with Crippen LogP contribution >= 0.6 is 23.1 Å². The van der Waals surface area contributed by atoms with Crippen molar-refractivity contribution in [2.45, 2.75) is 11.5 Å². The summed E-state index contributed by atoms with van der Waals surface area (Å²) in [5.74, 6) is 0.632. The fourth-order valence-corrected chi connectivity index (χ4v) is 3.73. The predicted octanol–water partition coefficient (Wildman–Crippen LogP) is 5.18. The van der Waals surface area contributed by atoms with Gasteiger partial charge in [-0.2, -0.15) is 0 Å². The number of thiazole rings is 1. The van der Waals surface area contributed by atoms with Crippen molar-refractivity contribution in [1.82, 2.24) is 9.97 Å². The molecule has 0 aliphatic carbocycles. The molecule has 1 amide bonds. The maximum atomic E-state index is 12.4. The average Bonchev–Trinajstić information content (AvgIpc) is 3.29. The Labute approximate surface area is 164 Å². The Morgan fingerprint density at radius 3 is 2.85 bits per heavy atom.